The van der Waals surface area contributed by atoms with Crippen LogP contribution in [0.4, 0.5) is 0 Å². The van der Waals surface area contributed by atoms with Crippen LogP contribution < -0.4 is 5.73 Å². The Morgan fingerprint density at radius 1 is 1.41 bits per heavy atom. The number of nitrogens with zero attached hydrogens (tertiary/aromatic N) is 2. The van der Waals surface area contributed by atoms with Crippen LogP contribution >= 0.6 is 0 Å². The SMILES string of the molecule is Cc1ccc2c(c1)-c1c(cnn1C[C@H](C)N)C2. The summed E-state index contributed by atoms with van der Waals surface area (Å²) >= 11 is 0. The molecule has 0 spiro atoms. The van der Waals surface area contributed by atoms with Gasteiger partial charge in [-0.2, -0.15) is 5.10 Å². The molecule has 0 saturated heterocycles. The maximum absolute atomic E-state index is 5.87. The fourth-order valence-electron chi connectivity index (χ4n) is 2.55. The summed E-state index contributed by atoms with van der Waals surface area (Å²) in [7, 11) is 0. The second kappa shape index (κ2) is 3.70. The highest BCUT2D eigenvalue weighted by molar-refractivity contribution is 5.74. The van der Waals surface area contributed by atoms with Gasteiger partial charge in [0, 0.05) is 23.6 Å². The zero-order chi connectivity index (χ0) is 12.0. The lowest BCUT2D eigenvalue weighted by atomic mass is 10.1. The minimum absolute atomic E-state index is 0.132. The molecule has 1 aromatic heterocycles. The van der Waals surface area contributed by atoms with Gasteiger partial charge in [-0.15, -0.1) is 0 Å². The summed E-state index contributed by atoms with van der Waals surface area (Å²) in [5.74, 6) is 0. The number of hydrogen-bond donors (Lipinski definition) is 1. The van der Waals surface area contributed by atoms with Crippen molar-refractivity contribution in [2.75, 3.05) is 0 Å². The first kappa shape index (κ1) is 10.5. The topological polar surface area (TPSA) is 43.8 Å². The summed E-state index contributed by atoms with van der Waals surface area (Å²) in [6.45, 7) is 4.92. The van der Waals surface area contributed by atoms with Crippen molar-refractivity contribution in [1.82, 2.24) is 9.78 Å². The van der Waals surface area contributed by atoms with Crippen molar-refractivity contribution >= 4 is 0 Å². The Hall–Kier alpha value is -1.61. The van der Waals surface area contributed by atoms with Crippen LogP contribution in [0.5, 0.6) is 0 Å². The van der Waals surface area contributed by atoms with Crippen LogP contribution in [0.2, 0.25) is 0 Å². The fraction of sp³-hybridized carbons (Fsp3) is 0.357. The molecule has 0 radical (unpaired) electrons. The minimum Gasteiger partial charge on any atom is -0.326 e. The zero-order valence-electron chi connectivity index (χ0n) is 10.3. The highest BCUT2D eigenvalue weighted by Gasteiger charge is 2.23. The summed E-state index contributed by atoms with van der Waals surface area (Å²) in [6.07, 6.45) is 2.98. The standard InChI is InChI=1S/C14H17N3/c1-9-3-4-11-6-12-7-16-17(8-10(2)15)14(12)13(11)5-9/h3-5,7,10H,6,8,15H2,1-2H3/t10-/m0/s1. The van der Waals surface area contributed by atoms with Crippen molar-refractivity contribution in [3.63, 3.8) is 0 Å². The molecule has 0 aliphatic heterocycles. The predicted molar refractivity (Wildman–Crippen MR) is 68.9 cm³/mol. The Bertz CT molecular complexity index is 567. The molecule has 1 aliphatic carbocycles. The highest BCUT2D eigenvalue weighted by Crippen LogP contribution is 2.36. The van der Waals surface area contributed by atoms with Crippen LogP contribution in [0, 0.1) is 6.92 Å². The summed E-state index contributed by atoms with van der Waals surface area (Å²) in [5, 5.41) is 4.44. The molecule has 3 nitrogen and oxygen atoms in total. The molecule has 0 bridgehead atoms. The maximum Gasteiger partial charge on any atom is 0.0721 e. The van der Waals surface area contributed by atoms with Gasteiger partial charge in [-0.1, -0.05) is 17.7 Å². The molecule has 88 valence electrons. The number of benzene rings is 1. The smallest absolute Gasteiger partial charge is 0.0721 e. The number of aromatic nitrogens is 2. The van der Waals surface area contributed by atoms with Crippen LogP contribution in [0.15, 0.2) is 24.4 Å². The van der Waals surface area contributed by atoms with Crippen molar-refractivity contribution in [2.45, 2.75) is 32.9 Å². The second-order valence-electron chi connectivity index (χ2n) is 5.02. The molecule has 1 aliphatic rings. The summed E-state index contributed by atoms with van der Waals surface area (Å²) in [5.41, 5.74) is 12.5. The van der Waals surface area contributed by atoms with Gasteiger partial charge < -0.3 is 5.73 Å². The van der Waals surface area contributed by atoms with E-state index in [2.05, 4.69) is 30.2 Å². The predicted octanol–water partition coefficient (Wildman–Crippen LogP) is 2.11. The lowest BCUT2D eigenvalue weighted by Crippen LogP contribution is -2.23. The largest absolute Gasteiger partial charge is 0.326 e. The van der Waals surface area contributed by atoms with Crippen molar-refractivity contribution in [3.8, 4) is 11.3 Å². The van der Waals surface area contributed by atoms with Crippen LogP contribution in [-0.4, -0.2) is 15.8 Å². The molecule has 1 aromatic carbocycles. The molecule has 3 rings (SSSR count). The molecule has 2 aromatic rings. The molecule has 1 atom stereocenters. The van der Waals surface area contributed by atoms with Crippen molar-refractivity contribution < 1.29 is 0 Å². The van der Waals surface area contributed by atoms with E-state index in [4.69, 9.17) is 5.73 Å². The van der Waals surface area contributed by atoms with E-state index in [1.807, 2.05) is 17.8 Å². The summed E-state index contributed by atoms with van der Waals surface area (Å²) in [4.78, 5) is 0. The van der Waals surface area contributed by atoms with E-state index < -0.39 is 0 Å². The lowest BCUT2D eigenvalue weighted by molar-refractivity contribution is 0.543. The molecule has 0 unspecified atom stereocenters. The van der Waals surface area contributed by atoms with Crippen molar-refractivity contribution in [3.05, 3.63) is 41.1 Å². The van der Waals surface area contributed by atoms with Gasteiger partial charge >= 0.3 is 0 Å². The second-order valence-corrected chi connectivity index (χ2v) is 5.02. The average molecular weight is 227 g/mol. The van der Waals surface area contributed by atoms with Gasteiger partial charge in [0.25, 0.3) is 0 Å². The Balaban J connectivity index is 2.12. The first-order chi connectivity index (χ1) is 8.15. The fourth-order valence-corrected chi connectivity index (χ4v) is 2.55. The van der Waals surface area contributed by atoms with E-state index in [0.29, 0.717) is 0 Å². The van der Waals surface area contributed by atoms with Crippen LogP contribution in [0.3, 0.4) is 0 Å². The van der Waals surface area contributed by atoms with Crippen LogP contribution in [0.25, 0.3) is 11.3 Å². The Labute approximate surface area is 101 Å². The van der Waals surface area contributed by atoms with E-state index in [-0.39, 0.29) is 6.04 Å². The number of aryl methyl sites for hydroxylation is 1. The molecule has 2 N–H and O–H groups in total. The van der Waals surface area contributed by atoms with E-state index in [1.165, 1.54) is 27.9 Å². The molecule has 0 amide bonds. The third-order valence-electron chi connectivity index (χ3n) is 3.28. The minimum atomic E-state index is 0.132. The lowest BCUT2D eigenvalue weighted by Gasteiger charge is -2.10. The normalized spacial score (nSPS) is 14.5. The average Bonchev–Trinajstić information content (AvgIpc) is 2.78. The quantitative estimate of drug-likeness (QED) is 0.728. The third-order valence-corrected chi connectivity index (χ3v) is 3.28. The van der Waals surface area contributed by atoms with E-state index >= 15 is 0 Å². The maximum atomic E-state index is 5.87. The van der Waals surface area contributed by atoms with Crippen LogP contribution in [-0.2, 0) is 13.0 Å². The monoisotopic (exact) mass is 227 g/mol. The summed E-state index contributed by atoms with van der Waals surface area (Å²) < 4.78 is 2.05. The van der Waals surface area contributed by atoms with Gasteiger partial charge in [0.2, 0.25) is 0 Å². The highest BCUT2D eigenvalue weighted by atomic mass is 15.3. The first-order valence-corrected chi connectivity index (χ1v) is 6.05. The molecule has 1 heterocycles. The summed E-state index contributed by atoms with van der Waals surface area (Å²) in [6, 6.07) is 6.78. The molecule has 0 fully saturated rings. The Kier molecular flexibility index (Phi) is 2.30. The third kappa shape index (κ3) is 1.67. The van der Waals surface area contributed by atoms with Gasteiger partial charge in [-0.3, -0.25) is 4.68 Å². The van der Waals surface area contributed by atoms with Gasteiger partial charge in [-0.25, -0.2) is 0 Å². The van der Waals surface area contributed by atoms with E-state index in [9.17, 15) is 0 Å². The zero-order valence-corrected chi connectivity index (χ0v) is 10.3. The Morgan fingerprint density at radius 2 is 2.24 bits per heavy atom. The first-order valence-electron chi connectivity index (χ1n) is 6.05. The van der Waals surface area contributed by atoms with Crippen molar-refractivity contribution in [1.29, 1.82) is 0 Å². The van der Waals surface area contributed by atoms with Crippen molar-refractivity contribution in [2.24, 2.45) is 5.73 Å². The van der Waals surface area contributed by atoms with E-state index in [1.54, 1.807) is 0 Å². The Morgan fingerprint density at radius 3 is 3.00 bits per heavy atom. The van der Waals surface area contributed by atoms with Gasteiger partial charge in [0.05, 0.1) is 18.4 Å². The molecular formula is C14H17N3. The van der Waals surface area contributed by atoms with Gasteiger partial charge in [0.1, 0.15) is 0 Å². The molecular weight excluding hydrogens is 210 g/mol. The number of rotatable bonds is 2. The van der Waals surface area contributed by atoms with Gasteiger partial charge in [-0.05, 0) is 25.5 Å². The molecule has 3 heteroatoms. The van der Waals surface area contributed by atoms with Crippen LogP contribution in [0.1, 0.15) is 23.6 Å². The molecule has 17 heavy (non-hydrogen) atoms. The molecule has 0 saturated carbocycles. The number of hydrogen-bond acceptors (Lipinski definition) is 2. The number of fused-ring (bicyclic) bond motifs is 3. The van der Waals surface area contributed by atoms with Gasteiger partial charge in [0.15, 0.2) is 0 Å². The van der Waals surface area contributed by atoms with E-state index in [0.717, 1.165) is 13.0 Å². The number of nitrogens with two attached hydrogens (primary N) is 1.